The van der Waals surface area contributed by atoms with Gasteiger partial charge >= 0.3 is 0 Å². The van der Waals surface area contributed by atoms with Crippen molar-refractivity contribution in [2.75, 3.05) is 25.1 Å². The van der Waals surface area contributed by atoms with Gasteiger partial charge in [0.15, 0.2) is 0 Å². The number of nitrogens with zero attached hydrogens (tertiary/aromatic N) is 2. The summed E-state index contributed by atoms with van der Waals surface area (Å²) in [6, 6.07) is 3.35. The average Bonchev–Trinajstić information content (AvgIpc) is 3.01. The van der Waals surface area contributed by atoms with Gasteiger partial charge in [-0.2, -0.15) is 11.8 Å². The van der Waals surface area contributed by atoms with E-state index in [2.05, 4.69) is 10.3 Å². The fourth-order valence-electron chi connectivity index (χ4n) is 2.68. The number of pyridine rings is 1. The van der Waals surface area contributed by atoms with E-state index in [1.807, 2.05) is 25.3 Å². The van der Waals surface area contributed by atoms with Crippen molar-refractivity contribution in [3.63, 3.8) is 0 Å². The van der Waals surface area contributed by atoms with Crippen LogP contribution in [0, 0.1) is 6.92 Å². The van der Waals surface area contributed by atoms with Crippen molar-refractivity contribution in [2.45, 2.75) is 38.8 Å². The van der Waals surface area contributed by atoms with Crippen LogP contribution < -0.4 is 10.1 Å². The SMILES string of the molecule is CSCCC(NC(C)=O)C(=O)N1CCC(Oc2ccc(C)cn2)C1. The third-order valence-corrected chi connectivity index (χ3v) is 4.56. The highest BCUT2D eigenvalue weighted by molar-refractivity contribution is 7.98. The molecule has 0 bridgehead atoms. The minimum atomic E-state index is -0.453. The molecule has 2 heterocycles. The lowest BCUT2D eigenvalue weighted by molar-refractivity contribution is -0.135. The highest BCUT2D eigenvalue weighted by atomic mass is 32.2. The molecule has 0 saturated carbocycles. The largest absolute Gasteiger partial charge is 0.472 e. The first kappa shape index (κ1) is 18.6. The van der Waals surface area contributed by atoms with Crippen LogP contribution >= 0.6 is 11.8 Å². The lowest BCUT2D eigenvalue weighted by Crippen LogP contribution is -2.48. The van der Waals surface area contributed by atoms with Crippen LogP contribution in [0.5, 0.6) is 5.88 Å². The molecule has 1 N–H and O–H groups in total. The molecule has 2 unspecified atom stereocenters. The van der Waals surface area contributed by atoms with E-state index in [0.29, 0.717) is 25.4 Å². The number of hydrogen-bond acceptors (Lipinski definition) is 5. The van der Waals surface area contributed by atoms with Gasteiger partial charge in [-0.3, -0.25) is 9.59 Å². The number of aromatic nitrogens is 1. The minimum absolute atomic E-state index is 0.0257. The van der Waals surface area contributed by atoms with Crippen molar-refractivity contribution < 1.29 is 14.3 Å². The molecule has 132 valence electrons. The first-order chi connectivity index (χ1) is 11.5. The van der Waals surface area contributed by atoms with Crippen molar-refractivity contribution in [1.82, 2.24) is 15.2 Å². The Morgan fingerprint density at radius 3 is 2.92 bits per heavy atom. The van der Waals surface area contributed by atoms with Crippen LogP contribution in [0.1, 0.15) is 25.3 Å². The molecule has 1 aromatic heterocycles. The summed E-state index contributed by atoms with van der Waals surface area (Å²) in [7, 11) is 0. The Bertz CT molecular complexity index is 565. The number of aryl methyl sites for hydroxylation is 1. The van der Waals surface area contributed by atoms with Crippen LogP contribution in [0.25, 0.3) is 0 Å². The Morgan fingerprint density at radius 2 is 2.29 bits per heavy atom. The minimum Gasteiger partial charge on any atom is -0.472 e. The van der Waals surface area contributed by atoms with Gasteiger partial charge in [0.25, 0.3) is 0 Å². The molecule has 0 radical (unpaired) electrons. The van der Waals surface area contributed by atoms with Crippen LogP contribution in [0.2, 0.25) is 0 Å². The van der Waals surface area contributed by atoms with E-state index in [-0.39, 0.29) is 17.9 Å². The van der Waals surface area contributed by atoms with Gasteiger partial charge in [-0.1, -0.05) is 6.07 Å². The summed E-state index contributed by atoms with van der Waals surface area (Å²) in [5.74, 6) is 1.21. The molecule has 2 amide bonds. The smallest absolute Gasteiger partial charge is 0.245 e. The third kappa shape index (κ3) is 5.40. The number of nitrogens with one attached hydrogen (secondary N) is 1. The molecule has 1 aliphatic heterocycles. The van der Waals surface area contributed by atoms with Gasteiger partial charge in [0, 0.05) is 32.2 Å². The van der Waals surface area contributed by atoms with E-state index < -0.39 is 6.04 Å². The molecule has 1 saturated heterocycles. The monoisotopic (exact) mass is 351 g/mol. The number of carbonyl (C=O) groups is 2. The van der Waals surface area contributed by atoms with Gasteiger partial charge in [-0.15, -0.1) is 0 Å². The van der Waals surface area contributed by atoms with Crippen molar-refractivity contribution in [1.29, 1.82) is 0 Å². The van der Waals surface area contributed by atoms with Crippen molar-refractivity contribution in [3.05, 3.63) is 23.9 Å². The Labute approximate surface area is 147 Å². The molecular weight excluding hydrogens is 326 g/mol. The van der Waals surface area contributed by atoms with Crippen LogP contribution in [-0.2, 0) is 9.59 Å². The summed E-state index contributed by atoms with van der Waals surface area (Å²) in [5, 5.41) is 2.77. The van der Waals surface area contributed by atoms with E-state index in [9.17, 15) is 9.59 Å². The molecule has 0 aromatic carbocycles. The lowest BCUT2D eigenvalue weighted by Gasteiger charge is -2.24. The summed E-state index contributed by atoms with van der Waals surface area (Å²) >= 11 is 1.67. The highest BCUT2D eigenvalue weighted by Crippen LogP contribution is 2.18. The highest BCUT2D eigenvalue weighted by Gasteiger charge is 2.32. The van der Waals surface area contributed by atoms with E-state index >= 15 is 0 Å². The second kappa shape index (κ2) is 8.92. The first-order valence-corrected chi connectivity index (χ1v) is 9.53. The maximum atomic E-state index is 12.7. The molecule has 6 nitrogen and oxygen atoms in total. The molecule has 2 rings (SSSR count). The van der Waals surface area contributed by atoms with Gasteiger partial charge < -0.3 is 15.0 Å². The van der Waals surface area contributed by atoms with E-state index in [4.69, 9.17) is 4.74 Å². The normalized spacial score (nSPS) is 18.3. The Balaban J connectivity index is 1.90. The molecular formula is C17H25N3O3S. The number of ether oxygens (including phenoxy) is 1. The summed E-state index contributed by atoms with van der Waals surface area (Å²) in [6.45, 7) is 4.59. The van der Waals surface area contributed by atoms with Crippen molar-refractivity contribution in [2.24, 2.45) is 0 Å². The third-order valence-electron chi connectivity index (χ3n) is 3.91. The van der Waals surface area contributed by atoms with Crippen LogP contribution in [0.3, 0.4) is 0 Å². The molecule has 7 heteroatoms. The van der Waals surface area contributed by atoms with Crippen LogP contribution in [-0.4, -0.2) is 58.9 Å². The fourth-order valence-corrected chi connectivity index (χ4v) is 3.15. The van der Waals surface area contributed by atoms with Gasteiger partial charge in [0.05, 0.1) is 6.54 Å². The van der Waals surface area contributed by atoms with Crippen LogP contribution in [0.15, 0.2) is 18.3 Å². The average molecular weight is 351 g/mol. The van der Waals surface area contributed by atoms with E-state index in [1.165, 1.54) is 6.92 Å². The second-order valence-electron chi connectivity index (χ2n) is 6.02. The number of likely N-dealkylation sites (tertiary alicyclic amines) is 1. The Morgan fingerprint density at radius 1 is 1.50 bits per heavy atom. The van der Waals surface area contributed by atoms with Crippen molar-refractivity contribution in [3.8, 4) is 5.88 Å². The molecule has 1 fully saturated rings. The Kier molecular flexibility index (Phi) is 6.90. The predicted octanol–water partition coefficient (Wildman–Crippen LogP) is 1.63. The molecule has 0 spiro atoms. The zero-order chi connectivity index (χ0) is 17.5. The topological polar surface area (TPSA) is 71.5 Å². The molecule has 2 atom stereocenters. The quantitative estimate of drug-likeness (QED) is 0.808. The van der Waals surface area contributed by atoms with Gasteiger partial charge in [0.2, 0.25) is 17.7 Å². The number of rotatable bonds is 7. The second-order valence-corrected chi connectivity index (χ2v) is 7.01. The summed E-state index contributed by atoms with van der Waals surface area (Å²) in [4.78, 5) is 30.0. The zero-order valence-electron chi connectivity index (χ0n) is 14.4. The summed E-state index contributed by atoms with van der Waals surface area (Å²) in [6.07, 6.45) is 5.12. The number of carbonyl (C=O) groups excluding carboxylic acids is 2. The maximum Gasteiger partial charge on any atom is 0.245 e. The summed E-state index contributed by atoms with van der Waals surface area (Å²) < 4.78 is 5.86. The van der Waals surface area contributed by atoms with Gasteiger partial charge in [-0.25, -0.2) is 4.98 Å². The van der Waals surface area contributed by atoms with Crippen LogP contribution in [0.4, 0.5) is 0 Å². The zero-order valence-corrected chi connectivity index (χ0v) is 15.3. The molecule has 1 aromatic rings. The van der Waals surface area contributed by atoms with Crippen molar-refractivity contribution >= 4 is 23.6 Å². The Hall–Kier alpha value is -1.76. The van der Waals surface area contributed by atoms with E-state index in [0.717, 1.165) is 17.7 Å². The van der Waals surface area contributed by atoms with Gasteiger partial charge in [-0.05, 0) is 30.9 Å². The number of thioether (sulfide) groups is 1. The molecule has 1 aliphatic rings. The maximum absolute atomic E-state index is 12.7. The van der Waals surface area contributed by atoms with Gasteiger partial charge in [0.1, 0.15) is 12.1 Å². The fraction of sp³-hybridized carbons (Fsp3) is 0.588. The lowest BCUT2D eigenvalue weighted by atomic mass is 10.2. The molecule has 24 heavy (non-hydrogen) atoms. The standard InChI is InChI=1S/C17H25N3O3S/c1-12-4-5-16(18-10-12)23-14-6-8-20(11-14)17(22)15(7-9-24-3)19-13(2)21/h4-5,10,14-15H,6-9,11H2,1-3H3,(H,19,21). The first-order valence-electron chi connectivity index (χ1n) is 8.13. The molecule has 0 aliphatic carbocycles. The predicted molar refractivity (Wildman–Crippen MR) is 95.2 cm³/mol. The summed E-state index contributed by atoms with van der Waals surface area (Å²) in [5.41, 5.74) is 1.08. The van der Waals surface area contributed by atoms with E-state index in [1.54, 1.807) is 22.9 Å². The number of amides is 2. The number of hydrogen-bond donors (Lipinski definition) is 1.